The molecule has 1 N–H and O–H groups in total. The Labute approximate surface area is 187 Å². The number of phenols is 1. The smallest absolute Gasteiger partial charge is 0.242 e. The van der Waals surface area contributed by atoms with E-state index < -0.39 is 0 Å². The van der Waals surface area contributed by atoms with Crippen LogP contribution in [0.2, 0.25) is 0 Å². The van der Waals surface area contributed by atoms with E-state index in [9.17, 15) is 9.90 Å². The van der Waals surface area contributed by atoms with Crippen LogP contribution in [0.3, 0.4) is 0 Å². The van der Waals surface area contributed by atoms with Crippen LogP contribution in [0.15, 0.2) is 65.6 Å². The number of phenolic OH excluding ortho intramolecular Hbond substituents is 1. The van der Waals surface area contributed by atoms with E-state index in [1.807, 2.05) is 55.5 Å². The largest absolute Gasteiger partial charge is 0.508 e. The van der Waals surface area contributed by atoms with E-state index in [1.165, 1.54) is 11.8 Å². The Morgan fingerprint density at radius 1 is 0.968 bits per heavy atom. The van der Waals surface area contributed by atoms with Crippen LogP contribution in [-0.2, 0) is 4.79 Å². The fraction of sp³-hybridized carbons (Fsp3) is 0.240. The highest BCUT2D eigenvalue weighted by molar-refractivity contribution is 8.00. The van der Waals surface area contributed by atoms with E-state index in [4.69, 9.17) is 4.74 Å². The van der Waals surface area contributed by atoms with E-state index in [0.717, 1.165) is 40.6 Å². The van der Waals surface area contributed by atoms with Crippen LogP contribution in [-0.4, -0.2) is 29.9 Å². The second kappa shape index (κ2) is 8.94. The number of ether oxygens (including phenoxy) is 1. The van der Waals surface area contributed by atoms with E-state index in [1.54, 1.807) is 17.0 Å². The minimum absolute atomic E-state index is 0.0247. The molecule has 1 amide bonds. The Kier molecular flexibility index (Phi) is 6.09. The third kappa shape index (κ3) is 4.35. The van der Waals surface area contributed by atoms with Crippen molar-refractivity contribution in [3.8, 4) is 17.2 Å². The van der Waals surface area contributed by atoms with Crippen LogP contribution in [0.5, 0.6) is 17.2 Å². The maximum Gasteiger partial charge on any atom is 0.242 e. The number of benzene rings is 3. The van der Waals surface area contributed by atoms with Gasteiger partial charge in [0.25, 0.3) is 0 Å². The van der Waals surface area contributed by atoms with Crippen molar-refractivity contribution in [1.29, 1.82) is 0 Å². The summed E-state index contributed by atoms with van der Waals surface area (Å²) < 4.78 is 6.24. The van der Waals surface area contributed by atoms with E-state index in [0.29, 0.717) is 11.5 Å². The molecule has 0 saturated heterocycles. The lowest BCUT2D eigenvalue weighted by molar-refractivity contribution is -0.115. The van der Waals surface area contributed by atoms with Crippen LogP contribution in [0.1, 0.15) is 19.4 Å². The Hall–Kier alpha value is -3.12. The standard InChI is InChI=1S/C25H26N2O3S/c1-4-26(5-2)18-7-13-22-24(15-18)30-23-14-17(3)6-12-21(23)27(22)25(29)16-31-20-10-8-19(28)9-11-20/h6-15,28H,4-5,16H2,1-3H3. The number of aryl methyl sites for hydroxylation is 1. The van der Waals surface area contributed by atoms with Gasteiger partial charge in [-0.2, -0.15) is 0 Å². The van der Waals surface area contributed by atoms with Crippen LogP contribution in [0.4, 0.5) is 17.1 Å². The number of amides is 1. The minimum atomic E-state index is -0.0247. The fourth-order valence-corrected chi connectivity index (χ4v) is 4.46. The summed E-state index contributed by atoms with van der Waals surface area (Å²) in [6, 6.07) is 18.8. The molecule has 0 atom stereocenters. The first-order valence-electron chi connectivity index (χ1n) is 10.4. The van der Waals surface area contributed by atoms with Gasteiger partial charge in [0.05, 0.1) is 17.1 Å². The molecular weight excluding hydrogens is 408 g/mol. The number of nitrogens with zero attached hydrogens (tertiary/aromatic N) is 2. The van der Waals surface area contributed by atoms with Crippen molar-refractivity contribution in [2.24, 2.45) is 0 Å². The van der Waals surface area contributed by atoms with Crippen molar-refractivity contribution in [3.05, 3.63) is 66.2 Å². The number of hydrogen-bond acceptors (Lipinski definition) is 5. The Morgan fingerprint density at radius 3 is 2.29 bits per heavy atom. The molecule has 0 saturated carbocycles. The maximum atomic E-state index is 13.4. The Balaban J connectivity index is 1.67. The maximum absolute atomic E-state index is 13.4. The topological polar surface area (TPSA) is 53.0 Å². The highest BCUT2D eigenvalue weighted by Crippen LogP contribution is 2.48. The zero-order valence-corrected chi connectivity index (χ0v) is 18.8. The minimum Gasteiger partial charge on any atom is -0.508 e. The lowest BCUT2D eigenvalue weighted by Gasteiger charge is -2.32. The molecule has 3 aromatic rings. The number of anilines is 3. The van der Waals surface area contributed by atoms with Crippen molar-refractivity contribution >= 4 is 34.7 Å². The van der Waals surface area contributed by atoms with Gasteiger partial charge in [-0.1, -0.05) is 6.07 Å². The number of fused-ring (bicyclic) bond motifs is 2. The van der Waals surface area contributed by atoms with Gasteiger partial charge in [-0.05, 0) is 74.9 Å². The average Bonchev–Trinajstić information content (AvgIpc) is 2.77. The summed E-state index contributed by atoms with van der Waals surface area (Å²) in [5.74, 6) is 1.84. The molecule has 0 aromatic heterocycles. The van der Waals surface area contributed by atoms with Crippen molar-refractivity contribution in [2.75, 3.05) is 28.6 Å². The summed E-state index contributed by atoms with van der Waals surface area (Å²) in [6.07, 6.45) is 0. The first kappa shape index (κ1) is 21.1. The van der Waals surface area contributed by atoms with Crippen LogP contribution in [0.25, 0.3) is 0 Å². The molecule has 0 radical (unpaired) electrons. The van der Waals surface area contributed by atoms with E-state index in [2.05, 4.69) is 18.7 Å². The van der Waals surface area contributed by atoms with E-state index >= 15 is 0 Å². The molecule has 6 heteroatoms. The second-order valence-electron chi connectivity index (χ2n) is 7.41. The third-order valence-electron chi connectivity index (χ3n) is 5.34. The second-order valence-corrected chi connectivity index (χ2v) is 8.46. The summed E-state index contributed by atoms with van der Waals surface area (Å²) in [5.41, 5.74) is 3.66. The molecule has 0 bridgehead atoms. The molecule has 0 spiro atoms. The highest BCUT2D eigenvalue weighted by Gasteiger charge is 2.29. The van der Waals surface area contributed by atoms with Gasteiger partial charge in [0.1, 0.15) is 5.75 Å². The molecule has 1 aliphatic rings. The van der Waals surface area contributed by atoms with Crippen molar-refractivity contribution in [2.45, 2.75) is 25.7 Å². The summed E-state index contributed by atoms with van der Waals surface area (Å²) in [4.78, 5) is 18.3. The average molecular weight is 435 g/mol. The van der Waals surface area contributed by atoms with Crippen LogP contribution in [0, 0.1) is 6.92 Å². The normalized spacial score (nSPS) is 12.0. The molecule has 0 aliphatic carbocycles. The lowest BCUT2D eigenvalue weighted by atomic mass is 10.1. The summed E-state index contributed by atoms with van der Waals surface area (Å²) in [7, 11) is 0. The Morgan fingerprint density at radius 2 is 1.61 bits per heavy atom. The van der Waals surface area contributed by atoms with Gasteiger partial charge in [-0.3, -0.25) is 9.69 Å². The molecule has 1 aliphatic heterocycles. The lowest BCUT2D eigenvalue weighted by Crippen LogP contribution is -2.30. The van der Waals surface area contributed by atoms with Gasteiger partial charge >= 0.3 is 0 Å². The predicted octanol–water partition coefficient (Wildman–Crippen LogP) is 6.11. The molecule has 31 heavy (non-hydrogen) atoms. The van der Waals surface area contributed by atoms with Gasteiger partial charge in [0.15, 0.2) is 11.5 Å². The molecule has 5 nitrogen and oxygen atoms in total. The third-order valence-corrected chi connectivity index (χ3v) is 6.33. The number of aromatic hydroxyl groups is 1. The van der Waals surface area contributed by atoms with Gasteiger partial charge in [-0.25, -0.2) is 0 Å². The quantitative estimate of drug-likeness (QED) is 0.475. The molecule has 0 unspecified atom stereocenters. The number of carbonyl (C=O) groups excluding carboxylic acids is 1. The summed E-state index contributed by atoms with van der Waals surface area (Å²) in [6.45, 7) is 8.06. The molecule has 1 heterocycles. The van der Waals surface area contributed by atoms with Crippen molar-refractivity contribution in [3.63, 3.8) is 0 Å². The van der Waals surface area contributed by atoms with Crippen molar-refractivity contribution < 1.29 is 14.6 Å². The van der Waals surface area contributed by atoms with E-state index in [-0.39, 0.29) is 17.4 Å². The van der Waals surface area contributed by atoms with Crippen molar-refractivity contribution in [1.82, 2.24) is 0 Å². The molecule has 3 aromatic carbocycles. The zero-order chi connectivity index (χ0) is 22.0. The van der Waals surface area contributed by atoms with Gasteiger partial charge in [0.2, 0.25) is 5.91 Å². The van der Waals surface area contributed by atoms with Gasteiger partial charge < -0.3 is 14.7 Å². The SMILES string of the molecule is CCN(CC)c1ccc2c(c1)Oc1cc(C)ccc1N2C(=O)CSc1ccc(O)cc1. The molecule has 0 fully saturated rings. The molecular formula is C25H26N2O3S. The summed E-state index contributed by atoms with van der Waals surface area (Å²) in [5, 5.41) is 9.47. The fourth-order valence-electron chi connectivity index (χ4n) is 3.71. The Bertz CT molecular complexity index is 1090. The number of carbonyl (C=O) groups is 1. The highest BCUT2D eigenvalue weighted by atomic mass is 32.2. The van der Waals surface area contributed by atoms with Gasteiger partial charge in [0, 0.05) is 29.7 Å². The molecule has 160 valence electrons. The van der Waals surface area contributed by atoms with Gasteiger partial charge in [-0.15, -0.1) is 11.8 Å². The number of thioether (sulfide) groups is 1. The number of rotatable bonds is 6. The summed E-state index contributed by atoms with van der Waals surface area (Å²) >= 11 is 1.45. The molecule has 4 rings (SSSR count). The number of hydrogen-bond donors (Lipinski definition) is 1. The zero-order valence-electron chi connectivity index (χ0n) is 18.0. The first-order valence-corrected chi connectivity index (χ1v) is 11.4. The predicted molar refractivity (Wildman–Crippen MR) is 127 cm³/mol. The monoisotopic (exact) mass is 434 g/mol. The first-order chi connectivity index (χ1) is 15.0. The van der Waals surface area contributed by atoms with Crippen LogP contribution >= 0.6 is 11.8 Å². The van der Waals surface area contributed by atoms with Crippen LogP contribution < -0.4 is 14.5 Å².